The van der Waals surface area contributed by atoms with E-state index in [-0.39, 0.29) is 28.9 Å². The van der Waals surface area contributed by atoms with Gasteiger partial charge in [0, 0.05) is 17.0 Å². The Labute approximate surface area is 157 Å². The van der Waals surface area contributed by atoms with Crippen LogP contribution in [0.15, 0.2) is 57.7 Å². The van der Waals surface area contributed by atoms with Crippen LogP contribution in [0.5, 0.6) is 5.75 Å². The van der Waals surface area contributed by atoms with E-state index in [2.05, 4.69) is 0 Å². The lowest BCUT2D eigenvalue weighted by Gasteiger charge is -2.13. The fourth-order valence-electron chi connectivity index (χ4n) is 2.65. The van der Waals surface area contributed by atoms with E-state index in [1.165, 1.54) is 13.0 Å². The predicted molar refractivity (Wildman–Crippen MR) is 94.0 cm³/mol. The van der Waals surface area contributed by atoms with Crippen LogP contribution in [0.25, 0.3) is 11.0 Å². The second-order valence-electron chi connectivity index (χ2n) is 5.98. The minimum absolute atomic E-state index is 0.0730. The van der Waals surface area contributed by atoms with Crippen molar-refractivity contribution in [3.8, 4) is 5.75 Å². The molecule has 5 nitrogen and oxygen atoms in total. The summed E-state index contributed by atoms with van der Waals surface area (Å²) in [5, 5.41) is -0.261. The van der Waals surface area contributed by atoms with Crippen LogP contribution in [-0.2, 0) is 22.3 Å². The van der Waals surface area contributed by atoms with Crippen LogP contribution in [0.2, 0.25) is 0 Å². The van der Waals surface area contributed by atoms with E-state index in [0.29, 0.717) is 6.07 Å². The summed E-state index contributed by atoms with van der Waals surface area (Å²) in [6, 6.07) is 11.9. The Kier molecular flexibility index (Phi) is 5.39. The van der Waals surface area contributed by atoms with Gasteiger partial charge in [-0.25, -0.2) is 9.59 Å². The lowest BCUT2D eigenvalue weighted by Crippen LogP contribution is -2.15. The van der Waals surface area contributed by atoms with Gasteiger partial charge in [-0.05, 0) is 24.6 Å². The van der Waals surface area contributed by atoms with Crippen molar-refractivity contribution in [2.75, 3.05) is 6.61 Å². The Balaban J connectivity index is 1.76. The third-order valence-corrected chi connectivity index (χ3v) is 4.00. The average Bonchev–Trinajstić information content (AvgIpc) is 2.66. The molecule has 8 heteroatoms. The monoisotopic (exact) mass is 392 g/mol. The fourth-order valence-corrected chi connectivity index (χ4v) is 2.65. The molecular formula is C20H15F3O5. The number of benzene rings is 2. The molecular weight excluding hydrogens is 377 g/mol. The van der Waals surface area contributed by atoms with Gasteiger partial charge in [-0.2, -0.15) is 13.2 Å². The number of halogens is 3. The lowest BCUT2D eigenvalue weighted by molar-refractivity contribution is -0.147. The number of carbonyl (C=O) groups is 1. The maximum absolute atomic E-state index is 13.1. The summed E-state index contributed by atoms with van der Waals surface area (Å²) in [5.41, 5.74) is -1.47. The van der Waals surface area contributed by atoms with Crippen LogP contribution in [0, 0.1) is 6.92 Å². The molecule has 146 valence electrons. The second-order valence-corrected chi connectivity index (χ2v) is 5.98. The number of hydrogen-bond donors (Lipinski definition) is 0. The van der Waals surface area contributed by atoms with Crippen LogP contribution in [-0.4, -0.2) is 12.6 Å². The van der Waals surface area contributed by atoms with E-state index in [1.807, 2.05) is 6.07 Å². The molecule has 0 N–H and O–H groups in total. The van der Waals surface area contributed by atoms with Crippen molar-refractivity contribution in [3.63, 3.8) is 0 Å². The summed E-state index contributed by atoms with van der Waals surface area (Å²) < 4.78 is 54.8. The predicted octanol–water partition coefficient (Wildman–Crippen LogP) is 4.24. The van der Waals surface area contributed by atoms with Gasteiger partial charge in [0.05, 0.1) is 5.56 Å². The molecule has 0 aliphatic rings. The van der Waals surface area contributed by atoms with E-state index in [4.69, 9.17) is 13.9 Å². The molecule has 1 heterocycles. The standard InChI is InChI=1S/C20H15F3O5/c1-12-16(26-11-18(25)27-10-13-5-3-2-4-6-13)8-7-14-15(20(21,22)23)9-17(24)28-19(12)14/h2-9H,10-11H2,1H3. The van der Waals surface area contributed by atoms with Crippen molar-refractivity contribution in [1.29, 1.82) is 0 Å². The number of carbonyl (C=O) groups excluding carboxylic acids is 1. The first-order valence-corrected chi connectivity index (χ1v) is 8.22. The van der Waals surface area contributed by atoms with E-state index in [1.54, 1.807) is 24.3 Å². The first-order chi connectivity index (χ1) is 13.3. The zero-order valence-electron chi connectivity index (χ0n) is 14.7. The molecule has 0 unspecified atom stereocenters. The normalized spacial score (nSPS) is 11.4. The Morgan fingerprint density at radius 3 is 2.50 bits per heavy atom. The molecule has 3 aromatic rings. The third kappa shape index (κ3) is 4.33. The summed E-state index contributed by atoms with van der Waals surface area (Å²) in [6.45, 7) is 1.07. The number of fused-ring (bicyclic) bond motifs is 1. The molecule has 0 saturated carbocycles. The minimum Gasteiger partial charge on any atom is -0.481 e. The molecule has 0 bridgehead atoms. The Morgan fingerprint density at radius 2 is 1.82 bits per heavy atom. The number of aryl methyl sites for hydroxylation is 1. The molecule has 1 aromatic heterocycles. The van der Waals surface area contributed by atoms with Crippen molar-refractivity contribution in [2.24, 2.45) is 0 Å². The first kappa shape index (κ1) is 19.5. The van der Waals surface area contributed by atoms with Crippen molar-refractivity contribution in [2.45, 2.75) is 19.7 Å². The Bertz CT molecular complexity index is 1060. The van der Waals surface area contributed by atoms with Gasteiger partial charge in [0.1, 0.15) is 17.9 Å². The zero-order chi connectivity index (χ0) is 20.3. The van der Waals surface area contributed by atoms with Gasteiger partial charge in [0.15, 0.2) is 6.61 Å². The highest BCUT2D eigenvalue weighted by Crippen LogP contribution is 2.36. The number of hydrogen-bond acceptors (Lipinski definition) is 5. The van der Waals surface area contributed by atoms with Gasteiger partial charge in [-0.15, -0.1) is 0 Å². The summed E-state index contributed by atoms with van der Waals surface area (Å²) in [4.78, 5) is 23.4. The van der Waals surface area contributed by atoms with Crippen LogP contribution in [0.3, 0.4) is 0 Å². The van der Waals surface area contributed by atoms with Gasteiger partial charge < -0.3 is 13.9 Å². The quantitative estimate of drug-likeness (QED) is 0.480. The maximum atomic E-state index is 13.1. The zero-order valence-corrected chi connectivity index (χ0v) is 14.7. The first-order valence-electron chi connectivity index (χ1n) is 8.22. The van der Waals surface area contributed by atoms with E-state index in [9.17, 15) is 22.8 Å². The van der Waals surface area contributed by atoms with Crippen LogP contribution in [0.4, 0.5) is 13.2 Å². The van der Waals surface area contributed by atoms with Crippen molar-refractivity contribution < 1.29 is 31.9 Å². The van der Waals surface area contributed by atoms with Gasteiger partial charge >= 0.3 is 17.8 Å². The van der Waals surface area contributed by atoms with E-state index >= 15 is 0 Å². The number of alkyl halides is 3. The summed E-state index contributed by atoms with van der Waals surface area (Å²) >= 11 is 0. The molecule has 0 aliphatic carbocycles. The van der Waals surface area contributed by atoms with Gasteiger partial charge in [0.25, 0.3) is 0 Å². The van der Waals surface area contributed by atoms with Crippen LogP contribution >= 0.6 is 0 Å². The molecule has 0 saturated heterocycles. The molecule has 0 atom stereocenters. The smallest absolute Gasteiger partial charge is 0.417 e. The molecule has 0 amide bonds. The number of esters is 1. The van der Waals surface area contributed by atoms with Crippen LogP contribution < -0.4 is 10.4 Å². The number of ether oxygens (including phenoxy) is 2. The van der Waals surface area contributed by atoms with Gasteiger partial charge in [0.2, 0.25) is 0 Å². The average molecular weight is 392 g/mol. The minimum atomic E-state index is -4.70. The molecule has 0 spiro atoms. The summed E-state index contributed by atoms with van der Waals surface area (Å²) in [7, 11) is 0. The highest BCUT2D eigenvalue weighted by Gasteiger charge is 2.34. The highest BCUT2D eigenvalue weighted by atomic mass is 19.4. The SMILES string of the molecule is Cc1c(OCC(=O)OCc2ccccc2)ccc2c(C(F)(F)F)cc(=O)oc12. The lowest BCUT2D eigenvalue weighted by atomic mass is 10.1. The molecule has 28 heavy (non-hydrogen) atoms. The summed E-state index contributed by atoms with van der Waals surface area (Å²) in [6.07, 6.45) is -4.70. The third-order valence-electron chi connectivity index (χ3n) is 4.00. The molecule has 3 rings (SSSR count). The highest BCUT2D eigenvalue weighted by molar-refractivity contribution is 5.85. The maximum Gasteiger partial charge on any atom is 0.417 e. The topological polar surface area (TPSA) is 65.7 Å². The fraction of sp³-hybridized carbons (Fsp3) is 0.200. The van der Waals surface area contributed by atoms with Crippen molar-refractivity contribution >= 4 is 16.9 Å². The number of rotatable bonds is 5. The Morgan fingerprint density at radius 1 is 1.11 bits per heavy atom. The van der Waals surface area contributed by atoms with Crippen molar-refractivity contribution in [3.05, 3.63) is 75.6 Å². The van der Waals surface area contributed by atoms with E-state index < -0.39 is 29.9 Å². The van der Waals surface area contributed by atoms with Gasteiger partial charge in [-0.3, -0.25) is 0 Å². The molecule has 2 aromatic carbocycles. The molecule has 0 fully saturated rings. The van der Waals surface area contributed by atoms with Gasteiger partial charge in [-0.1, -0.05) is 30.3 Å². The molecule has 0 aliphatic heterocycles. The van der Waals surface area contributed by atoms with Crippen LogP contribution in [0.1, 0.15) is 16.7 Å². The van der Waals surface area contributed by atoms with E-state index in [0.717, 1.165) is 11.6 Å². The Hall–Kier alpha value is -3.29. The molecule has 0 radical (unpaired) electrons. The van der Waals surface area contributed by atoms with Crippen molar-refractivity contribution in [1.82, 2.24) is 0 Å². The largest absolute Gasteiger partial charge is 0.481 e. The summed E-state index contributed by atoms with van der Waals surface area (Å²) in [5.74, 6) is -0.527. The second kappa shape index (κ2) is 7.75.